The van der Waals surface area contributed by atoms with E-state index in [1.54, 1.807) is 63.5 Å². The van der Waals surface area contributed by atoms with E-state index in [4.69, 9.17) is 33.2 Å². The number of amides is 1. The van der Waals surface area contributed by atoms with Crippen molar-refractivity contribution in [3.63, 3.8) is 0 Å². The van der Waals surface area contributed by atoms with Gasteiger partial charge in [0.05, 0.1) is 112 Å². The number of methoxy groups -OCH3 is 2. The molecule has 2 heterocycles. The zero-order valence-electron chi connectivity index (χ0n) is 56.7. The summed E-state index contributed by atoms with van der Waals surface area (Å²) in [6.45, 7) is 7.87. The lowest BCUT2D eigenvalue weighted by atomic mass is 9.75. The molecule has 100 heavy (non-hydrogen) atoms. The number of hydrogen-bond donors (Lipinski definition) is 5. The van der Waals surface area contributed by atoms with Gasteiger partial charge in [-0.1, -0.05) is 66.7 Å². The summed E-state index contributed by atoms with van der Waals surface area (Å²) < 4.78 is 180. The van der Waals surface area contributed by atoms with Crippen molar-refractivity contribution in [2.24, 2.45) is 0 Å². The van der Waals surface area contributed by atoms with Gasteiger partial charge in [-0.05, 0) is 137 Å². The summed E-state index contributed by atoms with van der Waals surface area (Å²) >= 11 is 0. The molecule has 0 saturated carbocycles. The predicted molar refractivity (Wildman–Crippen MR) is 380 cm³/mol. The lowest BCUT2D eigenvalue weighted by Crippen LogP contribution is -2.32. The number of ether oxygens (including phenoxy) is 7. The minimum Gasteiger partial charge on any atom is -0.465 e. The standard InChI is InChI=1S/C70H90N3O22PS4/c1-69(32-16-48-97(77,78)79)60-51-57(99(83,84)85)27-30-62(60)72(35-13-7-8-18-54(74)19-15-34-71-67(75)53-26-29-59(68(76)90-4)64(50-53)96(55-20-9-5-10-21-55)56-22-11-6-12-23-56)65(69)24-14-25-66-70(2,33-17-49-98(80,81)82)61-52-58(100(86,87)88)28-31-63(61)73(66)36-37-91-40-41-93-44-45-95-47-46-94-43-42-92-39-38-89-3/h5-6,9-12,14,20-31,50-52H,7-8,13,15-19,32-49H2,1-4H3,(H4-,71,75,77,78,79,80,81,82,83,84,85,86,87,88)/p+1. The minimum atomic E-state index is -4.77. The maximum Gasteiger partial charge on any atom is 0.338 e. The number of hydrogen-bond acceptors (Lipinski definition) is 19. The quantitative estimate of drug-likeness (QED) is 0.00819. The number of ketones is 1. The van der Waals surface area contributed by atoms with E-state index < -0.39 is 86.5 Å². The van der Waals surface area contributed by atoms with Gasteiger partial charge in [0, 0.05) is 84.8 Å². The fourth-order valence-electron chi connectivity index (χ4n) is 12.3. The average Bonchev–Trinajstić information content (AvgIpc) is 1.57. The molecule has 0 bridgehead atoms. The van der Waals surface area contributed by atoms with Crippen LogP contribution in [0.4, 0.5) is 11.4 Å². The van der Waals surface area contributed by atoms with Crippen molar-refractivity contribution < 1.29 is 104 Å². The van der Waals surface area contributed by atoms with Crippen molar-refractivity contribution in [3.05, 3.63) is 161 Å². The lowest BCUT2D eigenvalue weighted by molar-refractivity contribution is -0.438. The third-order valence-electron chi connectivity index (χ3n) is 17.3. The first-order valence-corrected chi connectivity index (χ1v) is 40.3. The van der Waals surface area contributed by atoms with Crippen LogP contribution < -0.4 is 26.1 Å². The number of anilines is 1. The van der Waals surface area contributed by atoms with Crippen molar-refractivity contribution in [3.8, 4) is 0 Å². The van der Waals surface area contributed by atoms with Gasteiger partial charge in [0.1, 0.15) is 12.3 Å². The topological polar surface area (TPSA) is 352 Å². The molecule has 2 aliphatic heterocycles. The van der Waals surface area contributed by atoms with Gasteiger partial charge in [-0.2, -0.15) is 38.2 Å². The summed E-state index contributed by atoms with van der Waals surface area (Å²) in [6, 6.07) is 32.5. The Morgan fingerprint density at radius 3 is 1.63 bits per heavy atom. The maximum absolute atomic E-state index is 13.7. The summed E-state index contributed by atoms with van der Waals surface area (Å²) in [5.74, 6) is -2.20. The molecule has 5 aromatic carbocycles. The third kappa shape index (κ3) is 23.5. The van der Waals surface area contributed by atoms with Crippen LogP contribution in [0.1, 0.15) is 110 Å². The molecule has 7 rings (SSSR count). The van der Waals surface area contributed by atoms with Crippen molar-refractivity contribution >= 4 is 99.1 Å². The smallest absolute Gasteiger partial charge is 0.338 e. The van der Waals surface area contributed by atoms with Gasteiger partial charge in [-0.15, -0.1) is 0 Å². The summed E-state index contributed by atoms with van der Waals surface area (Å²) in [4.78, 5) is 41.3. The van der Waals surface area contributed by atoms with Gasteiger partial charge in [-0.3, -0.25) is 27.8 Å². The van der Waals surface area contributed by atoms with Gasteiger partial charge in [0.2, 0.25) is 5.69 Å². The van der Waals surface area contributed by atoms with Crippen LogP contribution in [0, 0.1) is 0 Å². The zero-order valence-corrected chi connectivity index (χ0v) is 60.9. The van der Waals surface area contributed by atoms with E-state index in [0.29, 0.717) is 129 Å². The van der Waals surface area contributed by atoms with E-state index >= 15 is 0 Å². The summed E-state index contributed by atoms with van der Waals surface area (Å²) in [5.41, 5.74) is 1.24. The van der Waals surface area contributed by atoms with Crippen molar-refractivity contribution in [2.45, 2.75) is 98.7 Å². The Bertz CT molecular complexity index is 4120. The second-order valence-corrected chi connectivity index (χ2v) is 32.5. The Morgan fingerprint density at radius 2 is 1.09 bits per heavy atom. The number of benzene rings is 5. The Balaban J connectivity index is 1.08. The Morgan fingerprint density at radius 1 is 0.570 bits per heavy atom. The maximum atomic E-state index is 13.7. The van der Waals surface area contributed by atoms with Gasteiger partial charge in [0.25, 0.3) is 46.4 Å². The third-order valence-corrected chi connectivity index (χ3v) is 23.0. The highest BCUT2D eigenvalue weighted by Crippen LogP contribution is 2.52. The monoisotopic (exact) mass is 1480 g/mol. The number of nitrogens with one attached hydrogen (secondary N) is 1. The number of esters is 1. The summed E-state index contributed by atoms with van der Waals surface area (Å²) in [5, 5.41) is 5.52. The SMILES string of the molecule is COCCOCCOCCOCCOCCOCCN1C(=CC=CC2=[N+](CCCCCC(=O)CCCNC(=O)c3ccc(C(=O)OC)c(P(c4ccccc4)c4ccccc4)c3)c3ccc(S(=O)(=O)O)cc3C2(C)CCCS(=O)(=O)O)C(C)(CCCS(=O)(=O)O)c2cc(S(=O)(=O)O)ccc21. The van der Waals surface area contributed by atoms with Crippen molar-refractivity contribution in [1.82, 2.24) is 5.32 Å². The molecule has 1 amide bonds. The van der Waals surface area contributed by atoms with E-state index in [0.717, 1.165) is 10.6 Å². The van der Waals surface area contributed by atoms with E-state index in [9.17, 15) is 66.3 Å². The van der Waals surface area contributed by atoms with Crippen LogP contribution in [0.25, 0.3) is 0 Å². The van der Waals surface area contributed by atoms with Crippen LogP contribution in [0.3, 0.4) is 0 Å². The molecule has 25 nitrogen and oxygen atoms in total. The van der Waals surface area contributed by atoms with Crippen molar-refractivity contribution in [2.75, 3.05) is 123 Å². The molecule has 5 aromatic rings. The predicted octanol–water partition coefficient (Wildman–Crippen LogP) is 7.70. The summed E-state index contributed by atoms with van der Waals surface area (Å²) in [7, 11) is -16.8. The molecule has 5 N–H and O–H groups in total. The molecule has 0 aromatic heterocycles. The normalized spacial score (nSPS) is 16.8. The van der Waals surface area contributed by atoms with Crippen molar-refractivity contribution in [1.29, 1.82) is 0 Å². The number of Topliss-reactive ketones (excluding diaryl/α,β-unsaturated/α-hetero) is 1. The van der Waals surface area contributed by atoms with E-state index in [-0.39, 0.29) is 89.7 Å². The summed E-state index contributed by atoms with van der Waals surface area (Å²) in [6.07, 6.45) is 7.39. The zero-order chi connectivity index (χ0) is 72.6. The second kappa shape index (κ2) is 38.1. The van der Waals surface area contributed by atoms with E-state index in [1.807, 2.05) is 70.1 Å². The van der Waals surface area contributed by atoms with Gasteiger partial charge >= 0.3 is 5.97 Å². The average molecular weight is 1490 g/mol. The number of carbonyl (C=O) groups excluding carboxylic acids is 3. The number of carbonyl (C=O) groups is 3. The molecule has 0 aliphatic carbocycles. The first-order chi connectivity index (χ1) is 47.6. The molecular weight excluding hydrogens is 1390 g/mol. The van der Waals surface area contributed by atoms with E-state index in [1.165, 1.54) is 37.4 Å². The first kappa shape index (κ1) is 80.8. The van der Waals surface area contributed by atoms with Crippen LogP contribution in [-0.2, 0) is 89.3 Å². The highest BCUT2D eigenvalue weighted by molar-refractivity contribution is 7.86. The van der Waals surface area contributed by atoms with Crippen LogP contribution in [-0.4, -0.2) is 198 Å². The molecule has 0 spiro atoms. The molecule has 2 unspecified atom stereocenters. The van der Waals surface area contributed by atoms with E-state index in [2.05, 4.69) is 5.32 Å². The fraction of sp³-hybridized carbons (Fsp3) is 0.457. The van der Waals surface area contributed by atoms with Crippen LogP contribution in [0.5, 0.6) is 0 Å². The van der Waals surface area contributed by atoms with Gasteiger partial charge < -0.3 is 43.4 Å². The fourth-order valence-corrected chi connectivity index (χ4v) is 16.8. The molecule has 2 atom stereocenters. The van der Waals surface area contributed by atoms with Crippen LogP contribution >= 0.6 is 7.92 Å². The second-order valence-electron chi connectivity index (χ2n) is 24.3. The molecule has 0 fully saturated rings. The minimum absolute atomic E-state index is 0.0239. The molecule has 0 radical (unpaired) electrons. The number of allylic oxidation sites excluding steroid dienone is 4. The number of rotatable bonds is 45. The molecule has 30 heteroatoms. The molecule has 546 valence electrons. The lowest BCUT2D eigenvalue weighted by Gasteiger charge is -2.30. The number of unbranched alkanes of at least 4 members (excludes halogenated alkanes) is 2. The van der Waals surface area contributed by atoms with Gasteiger partial charge in [0.15, 0.2) is 5.71 Å². The highest BCUT2D eigenvalue weighted by Gasteiger charge is 2.49. The number of fused-ring (bicyclic) bond motifs is 2. The molecular formula is C70H91N3O22PS4+. The molecule has 0 saturated heterocycles. The Kier molecular flexibility index (Phi) is 30.8. The van der Waals surface area contributed by atoms with Crippen LogP contribution in [0.2, 0.25) is 0 Å². The molecule has 2 aliphatic rings. The van der Waals surface area contributed by atoms with Gasteiger partial charge in [-0.25, -0.2) is 4.79 Å². The first-order valence-electron chi connectivity index (χ1n) is 32.9. The highest BCUT2D eigenvalue weighted by atomic mass is 32.2. The Labute approximate surface area is 588 Å². The largest absolute Gasteiger partial charge is 0.465 e. The number of nitrogens with zero attached hydrogens (tertiary/aromatic N) is 2. The van der Waals surface area contributed by atoms with Crippen LogP contribution in [0.15, 0.2) is 149 Å². The Hall–Kier alpha value is -6.51.